The highest BCUT2D eigenvalue weighted by Crippen LogP contribution is 2.21. The average molecular weight is 275 g/mol. The van der Waals surface area contributed by atoms with Crippen LogP contribution in [-0.4, -0.2) is 23.5 Å². The third-order valence-corrected chi connectivity index (χ3v) is 3.55. The maximum Gasteiger partial charge on any atom is 0.323 e. The number of thiophene rings is 1. The van der Waals surface area contributed by atoms with Crippen LogP contribution >= 0.6 is 11.3 Å². The molecule has 1 aromatic carbocycles. The molecule has 0 spiro atoms. The molecule has 0 radical (unpaired) electrons. The van der Waals surface area contributed by atoms with Crippen LogP contribution < -0.4 is 4.90 Å². The van der Waals surface area contributed by atoms with Crippen LogP contribution in [-0.2, 0) is 4.79 Å². The fourth-order valence-corrected chi connectivity index (χ4v) is 2.52. The van der Waals surface area contributed by atoms with E-state index in [-0.39, 0.29) is 12.5 Å². The highest BCUT2D eigenvalue weighted by Gasteiger charge is 2.21. The van der Waals surface area contributed by atoms with Gasteiger partial charge < -0.3 is 5.11 Å². The summed E-state index contributed by atoms with van der Waals surface area (Å²) in [6.07, 6.45) is 0. The Kier molecular flexibility index (Phi) is 3.97. The first-order valence-corrected chi connectivity index (χ1v) is 6.54. The van der Waals surface area contributed by atoms with Gasteiger partial charge in [0.05, 0.1) is 4.88 Å². The monoisotopic (exact) mass is 275 g/mol. The van der Waals surface area contributed by atoms with E-state index >= 15 is 0 Å². The number of aliphatic carboxylic acids is 1. The first-order valence-electron chi connectivity index (χ1n) is 5.73. The summed E-state index contributed by atoms with van der Waals surface area (Å²) in [6.45, 7) is 1.56. The Hall–Kier alpha value is -2.14. The van der Waals surface area contributed by atoms with Gasteiger partial charge in [0.2, 0.25) is 0 Å². The Balaban J connectivity index is 2.33. The number of carboxylic acids is 1. The SMILES string of the molecule is Cc1ccc(C(=O)N(CC(=O)O)c2ccccc2)s1. The summed E-state index contributed by atoms with van der Waals surface area (Å²) in [6, 6.07) is 12.4. The summed E-state index contributed by atoms with van der Waals surface area (Å²) in [4.78, 5) is 26.1. The molecule has 4 nitrogen and oxygen atoms in total. The summed E-state index contributed by atoms with van der Waals surface area (Å²) in [7, 11) is 0. The minimum Gasteiger partial charge on any atom is -0.480 e. The molecular weight excluding hydrogens is 262 g/mol. The van der Waals surface area contributed by atoms with Crippen molar-refractivity contribution in [3.05, 3.63) is 52.2 Å². The van der Waals surface area contributed by atoms with Gasteiger partial charge in [-0.2, -0.15) is 0 Å². The van der Waals surface area contributed by atoms with Crippen molar-refractivity contribution in [3.8, 4) is 0 Å². The van der Waals surface area contributed by atoms with Crippen molar-refractivity contribution in [2.45, 2.75) is 6.92 Å². The van der Waals surface area contributed by atoms with Crippen molar-refractivity contribution in [3.63, 3.8) is 0 Å². The predicted molar refractivity (Wildman–Crippen MR) is 74.8 cm³/mol. The van der Waals surface area contributed by atoms with E-state index in [2.05, 4.69) is 0 Å². The number of para-hydroxylation sites is 1. The van der Waals surface area contributed by atoms with Gasteiger partial charge in [0.15, 0.2) is 0 Å². The molecule has 0 fully saturated rings. The fourth-order valence-electron chi connectivity index (χ4n) is 1.71. The fraction of sp³-hybridized carbons (Fsp3) is 0.143. The molecule has 2 aromatic rings. The number of carboxylic acid groups (broad SMARTS) is 1. The van der Waals surface area contributed by atoms with Crippen molar-refractivity contribution in [2.75, 3.05) is 11.4 Å². The van der Waals surface area contributed by atoms with Crippen LogP contribution in [0.25, 0.3) is 0 Å². The normalized spacial score (nSPS) is 10.2. The van der Waals surface area contributed by atoms with E-state index in [1.807, 2.05) is 19.1 Å². The molecule has 0 saturated heterocycles. The molecule has 1 amide bonds. The highest BCUT2D eigenvalue weighted by atomic mass is 32.1. The minimum atomic E-state index is -1.04. The lowest BCUT2D eigenvalue weighted by Crippen LogP contribution is -2.35. The quantitative estimate of drug-likeness (QED) is 0.933. The lowest BCUT2D eigenvalue weighted by atomic mass is 10.2. The molecule has 2 rings (SSSR count). The van der Waals surface area contributed by atoms with Crippen LogP contribution in [0.4, 0.5) is 5.69 Å². The van der Waals surface area contributed by atoms with E-state index in [9.17, 15) is 9.59 Å². The van der Waals surface area contributed by atoms with E-state index in [1.165, 1.54) is 16.2 Å². The van der Waals surface area contributed by atoms with E-state index < -0.39 is 5.97 Å². The van der Waals surface area contributed by atoms with Gasteiger partial charge in [0.1, 0.15) is 6.54 Å². The van der Waals surface area contributed by atoms with Gasteiger partial charge in [-0.25, -0.2) is 0 Å². The largest absolute Gasteiger partial charge is 0.480 e. The number of benzene rings is 1. The lowest BCUT2D eigenvalue weighted by Gasteiger charge is -2.20. The number of hydrogen-bond donors (Lipinski definition) is 1. The minimum absolute atomic E-state index is 0.285. The van der Waals surface area contributed by atoms with E-state index in [4.69, 9.17) is 5.11 Å². The van der Waals surface area contributed by atoms with E-state index in [1.54, 1.807) is 30.3 Å². The zero-order valence-electron chi connectivity index (χ0n) is 10.4. The molecule has 0 bridgehead atoms. The molecule has 0 unspecified atom stereocenters. The molecule has 0 aliphatic carbocycles. The van der Waals surface area contributed by atoms with Gasteiger partial charge in [-0.15, -0.1) is 11.3 Å². The second kappa shape index (κ2) is 5.67. The summed E-state index contributed by atoms with van der Waals surface area (Å²) >= 11 is 1.36. The van der Waals surface area contributed by atoms with Gasteiger partial charge in [0, 0.05) is 10.6 Å². The number of hydrogen-bond acceptors (Lipinski definition) is 3. The van der Waals surface area contributed by atoms with Crippen molar-refractivity contribution in [2.24, 2.45) is 0 Å². The average Bonchev–Trinajstić information content (AvgIpc) is 2.83. The number of rotatable bonds is 4. The van der Waals surface area contributed by atoms with Crippen molar-refractivity contribution in [1.82, 2.24) is 0 Å². The molecule has 0 aliphatic rings. The Bertz CT molecular complexity index is 592. The molecule has 19 heavy (non-hydrogen) atoms. The first-order chi connectivity index (χ1) is 9.08. The Morgan fingerprint density at radius 1 is 1.16 bits per heavy atom. The maximum absolute atomic E-state index is 12.4. The molecule has 0 aliphatic heterocycles. The lowest BCUT2D eigenvalue weighted by molar-refractivity contribution is -0.135. The van der Waals surface area contributed by atoms with Crippen LogP contribution in [0.15, 0.2) is 42.5 Å². The highest BCUT2D eigenvalue weighted by molar-refractivity contribution is 7.14. The van der Waals surface area contributed by atoms with Crippen molar-refractivity contribution >= 4 is 28.9 Å². The second-order valence-corrected chi connectivity index (χ2v) is 5.32. The smallest absolute Gasteiger partial charge is 0.323 e. The van der Waals surface area contributed by atoms with Crippen LogP contribution in [0.2, 0.25) is 0 Å². The number of carbonyl (C=O) groups is 2. The standard InChI is InChI=1S/C14H13NO3S/c1-10-7-8-12(19-10)14(18)15(9-13(16)17)11-5-3-2-4-6-11/h2-8H,9H2,1H3,(H,16,17). The molecule has 98 valence electrons. The molecule has 1 heterocycles. The molecule has 1 aromatic heterocycles. The third kappa shape index (κ3) is 3.20. The van der Waals surface area contributed by atoms with Crippen LogP contribution in [0, 0.1) is 6.92 Å². The van der Waals surface area contributed by atoms with Gasteiger partial charge >= 0.3 is 5.97 Å². The number of anilines is 1. The maximum atomic E-state index is 12.4. The number of nitrogens with zero attached hydrogens (tertiary/aromatic N) is 1. The van der Waals surface area contributed by atoms with E-state index in [0.717, 1.165) is 4.88 Å². The number of aryl methyl sites for hydroxylation is 1. The predicted octanol–water partition coefficient (Wildman–Crippen LogP) is 2.79. The Morgan fingerprint density at radius 3 is 2.37 bits per heavy atom. The second-order valence-electron chi connectivity index (χ2n) is 4.03. The molecule has 0 atom stereocenters. The number of carbonyl (C=O) groups excluding carboxylic acids is 1. The first kappa shape index (κ1) is 13.3. The molecular formula is C14H13NO3S. The summed E-state index contributed by atoms with van der Waals surface area (Å²) in [5.41, 5.74) is 0.584. The Labute approximate surface area is 114 Å². The zero-order chi connectivity index (χ0) is 13.8. The summed E-state index contributed by atoms with van der Waals surface area (Å²) < 4.78 is 0. The van der Waals surface area contributed by atoms with Gasteiger partial charge in [-0.05, 0) is 31.2 Å². The molecule has 1 N–H and O–H groups in total. The van der Waals surface area contributed by atoms with E-state index in [0.29, 0.717) is 10.6 Å². The van der Waals surface area contributed by atoms with Crippen LogP contribution in [0.3, 0.4) is 0 Å². The van der Waals surface area contributed by atoms with Gasteiger partial charge in [0.25, 0.3) is 5.91 Å². The zero-order valence-corrected chi connectivity index (χ0v) is 11.2. The number of amides is 1. The van der Waals surface area contributed by atoms with Crippen molar-refractivity contribution in [1.29, 1.82) is 0 Å². The van der Waals surface area contributed by atoms with Crippen LogP contribution in [0.5, 0.6) is 0 Å². The molecule has 5 heteroatoms. The topological polar surface area (TPSA) is 57.6 Å². The van der Waals surface area contributed by atoms with Gasteiger partial charge in [-0.1, -0.05) is 18.2 Å². The van der Waals surface area contributed by atoms with Crippen LogP contribution in [0.1, 0.15) is 14.5 Å². The molecule has 0 saturated carbocycles. The Morgan fingerprint density at radius 2 is 1.84 bits per heavy atom. The summed E-state index contributed by atoms with van der Waals surface area (Å²) in [5, 5.41) is 8.96. The third-order valence-electron chi connectivity index (χ3n) is 2.56. The summed E-state index contributed by atoms with van der Waals surface area (Å²) in [5.74, 6) is -1.32. The van der Waals surface area contributed by atoms with Crippen molar-refractivity contribution < 1.29 is 14.7 Å². The van der Waals surface area contributed by atoms with Gasteiger partial charge in [-0.3, -0.25) is 14.5 Å².